The molecule has 1 aliphatic rings. The highest BCUT2D eigenvalue weighted by molar-refractivity contribution is 7.86. The van der Waals surface area contributed by atoms with E-state index >= 15 is 0 Å². The smallest absolute Gasteiger partial charge is 0.269 e. The summed E-state index contributed by atoms with van der Waals surface area (Å²) >= 11 is 0. The maximum Gasteiger partial charge on any atom is 0.269 e. The largest absolute Gasteiger partial charge is 0.379 e. The maximum atomic E-state index is 10.7. The van der Waals surface area contributed by atoms with E-state index in [1.165, 1.54) is 6.92 Å². The Morgan fingerprint density at radius 2 is 2.06 bits per heavy atom. The lowest BCUT2D eigenvalue weighted by Gasteiger charge is -2.26. The molecule has 6 nitrogen and oxygen atoms in total. The van der Waals surface area contributed by atoms with Crippen LogP contribution in [0.25, 0.3) is 0 Å². The molecule has 1 rings (SSSR count). The summed E-state index contributed by atoms with van der Waals surface area (Å²) in [6, 6.07) is 0. The van der Waals surface area contributed by atoms with Crippen LogP contribution >= 0.6 is 0 Å². The third-order valence-corrected chi connectivity index (χ3v) is 3.67. The highest BCUT2D eigenvalue weighted by Crippen LogP contribution is 1.99. The number of nitrogens with zero attached hydrogens (tertiary/aromatic N) is 1. The first-order valence-electron chi connectivity index (χ1n) is 5.34. The molecule has 1 saturated heterocycles. The summed E-state index contributed by atoms with van der Waals surface area (Å²) in [4.78, 5) is 2.20. The van der Waals surface area contributed by atoms with Crippen molar-refractivity contribution in [3.8, 4) is 0 Å². The van der Waals surface area contributed by atoms with Crippen molar-refractivity contribution in [1.82, 2.24) is 4.90 Å². The van der Waals surface area contributed by atoms with Crippen LogP contribution in [0.4, 0.5) is 0 Å². The molecular formula is C9H19NO5S. The number of rotatable bonds is 6. The van der Waals surface area contributed by atoms with Gasteiger partial charge in [-0.15, -0.1) is 0 Å². The third-order valence-electron chi connectivity index (χ3n) is 2.52. The average Bonchev–Trinajstić information content (AvgIpc) is 2.24. The molecule has 1 aliphatic heterocycles. The molecular weight excluding hydrogens is 234 g/mol. The fourth-order valence-electron chi connectivity index (χ4n) is 1.35. The second kappa shape index (κ2) is 6.51. The Balaban J connectivity index is 2.07. The lowest BCUT2D eigenvalue weighted by Crippen LogP contribution is -2.38. The van der Waals surface area contributed by atoms with Crippen molar-refractivity contribution < 1.29 is 22.4 Å². The van der Waals surface area contributed by atoms with Gasteiger partial charge in [-0.25, -0.2) is 0 Å². The van der Waals surface area contributed by atoms with Gasteiger partial charge in [-0.3, -0.25) is 9.45 Å². The second-order valence-electron chi connectivity index (χ2n) is 3.85. The number of hydrogen-bond donors (Lipinski definition) is 1. The van der Waals surface area contributed by atoms with Gasteiger partial charge in [-0.2, -0.15) is 8.42 Å². The van der Waals surface area contributed by atoms with Gasteiger partial charge in [0.1, 0.15) is 5.25 Å². The van der Waals surface area contributed by atoms with Gasteiger partial charge < -0.3 is 9.47 Å². The Hall–Kier alpha value is -0.210. The van der Waals surface area contributed by atoms with Crippen molar-refractivity contribution in [2.75, 3.05) is 46.1 Å². The van der Waals surface area contributed by atoms with E-state index in [-0.39, 0.29) is 6.61 Å². The van der Waals surface area contributed by atoms with Crippen molar-refractivity contribution in [3.63, 3.8) is 0 Å². The molecule has 1 heterocycles. The van der Waals surface area contributed by atoms with Crippen molar-refractivity contribution in [2.24, 2.45) is 0 Å². The van der Waals surface area contributed by atoms with Crippen LogP contribution in [0.5, 0.6) is 0 Å². The zero-order valence-corrected chi connectivity index (χ0v) is 10.3. The zero-order chi connectivity index (χ0) is 12.0. The van der Waals surface area contributed by atoms with E-state index in [2.05, 4.69) is 4.90 Å². The molecule has 0 amide bonds. The van der Waals surface area contributed by atoms with Crippen LogP contribution in [-0.4, -0.2) is 69.2 Å². The first-order valence-corrected chi connectivity index (χ1v) is 6.84. The summed E-state index contributed by atoms with van der Waals surface area (Å²) in [5.41, 5.74) is 0. The van der Waals surface area contributed by atoms with Gasteiger partial charge in [-0.05, 0) is 6.92 Å². The molecule has 0 aliphatic carbocycles. The maximum absolute atomic E-state index is 10.7. The van der Waals surface area contributed by atoms with Crippen molar-refractivity contribution in [1.29, 1.82) is 0 Å². The van der Waals surface area contributed by atoms with Gasteiger partial charge in [0.25, 0.3) is 10.1 Å². The normalized spacial score (nSPS) is 20.9. The quantitative estimate of drug-likeness (QED) is 0.513. The summed E-state index contributed by atoms with van der Waals surface area (Å²) in [6.45, 7) is 5.94. The van der Waals surface area contributed by atoms with E-state index in [0.29, 0.717) is 6.61 Å². The van der Waals surface area contributed by atoms with Crippen molar-refractivity contribution in [2.45, 2.75) is 12.2 Å². The standard InChI is InChI=1S/C9H19NO5S/c1-9(16(11,12)13)8-15-7-4-10-2-5-14-6-3-10/h9H,2-8H2,1H3,(H,11,12,13). The second-order valence-corrected chi connectivity index (χ2v) is 5.69. The third kappa shape index (κ3) is 5.22. The molecule has 0 radical (unpaired) electrons. The molecule has 0 aromatic heterocycles. The molecule has 16 heavy (non-hydrogen) atoms. The summed E-state index contributed by atoms with van der Waals surface area (Å²) in [7, 11) is -3.97. The minimum absolute atomic E-state index is 0.0309. The van der Waals surface area contributed by atoms with Crippen molar-refractivity contribution in [3.05, 3.63) is 0 Å². The Morgan fingerprint density at radius 3 is 2.62 bits per heavy atom. The van der Waals surface area contributed by atoms with Crippen LogP contribution in [0, 0.1) is 0 Å². The summed E-state index contributed by atoms with van der Waals surface area (Å²) in [5.74, 6) is 0. The summed E-state index contributed by atoms with van der Waals surface area (Å²) in [6.07, 6.45) is 0. The molecule has 1 N–H and O–H groups in total. The van der Waals surface area contributed by atoms with Crippen LogP contribution < -0.4 is 0 Å². The lowest BCUT2D eigenvalue weighted by atomic mass is 10.4. The van der Waals surface area contributed by atoms with E-state index in [1.54, 1.807) is 0 Å². The van der Waals surface area contributed by atoms with E-state index in [9.17, 15) is 8.42 Å². The summed E-state index contributed by atoms with van der Waals surface area (Å²) in [5, 5.41) is -0.864. The molecule has 1 fully saturated rings. The molecule has 0 aromatic carbocycles. The Morgan fingerprint density at radius 1 is 1.44 bits per heavy atom. The Labute approximate surface area is 96.3 Å². The topological polar surface area (TPSA) is 76.1 Å². The van der Waals surface area contributed by atoms with Gasteiger partial charge in [0.2, 0.25) is 0 Å². The predicted molar refractivity (Wildman–Crippen MR) is 59.1 cm³/mol. The predicted octanol–water partition coefficient (Wildman–Crippen LogP) is -0.388. The van der Waals surface area contributed by atoms with Gasteiger partial charge >= 0.3 is 0 Å². The fourth-order valence-corrected chi connectivity index (χ4v) is 1.62. The average molecular weight is 253 g/mol. The molecule has 0 saturated carbocycles. The van der Waals surface area contributed by atoms with Crippen LogP contribution in [-0.2, 0) is 19.6 Å². The van der Waals surface area contributed by atoms with Gasteiger partial charge in [-0.1, -0.05) is 0 Å². The Bertz CT molecular complexity index is 286. The molecule has 1 unspecified atom stereocenters. The minimum Gasteiger partial charge on any atom is -0.379 e. The molecule has 96 valence electrons. The number of hydrogen-bond acceptors (Lipinski definition) is 5. The molecule has 1 atom stereocenters. The van der Waals surface area contributed by atoms with Crippen LogP contribution in [0.2, 0.25) is 0 Å². The first kappa shape index (κ1) is 13.9. The van der Waals surface area contributed by atoms with Crippen LogP contribution in [0.3, 0.4) is 0 Å². The van der Waals surface area contributed by atoms with Gasteiger partial charge in [0, 0.05) is 19.6 Å². The number of morpholine rings is 1. The molecule has 0 bridgehead atoms. The summed E-state index contributed by atoms with van der Waals surface area (Å²) < 4.78 is 40.4. The number of ether oxygens (including phenoxy) is 2. The first-order chi connectivity index (χ1) is 7.50. The highest BCUT2D eigenvalue weighted by Gasteiger charge is 2.17. The SMILES string of the molecule is CC(COCCN1CCOCC1)S(=O)(=O)O. The van der Waals surface area contributed by atoms with Gasteiger partial charge in [0.05, 0.1) is 26.4 Å². The Kier molecular flexibility index (Phi) is 5.63. The highest BCUT2D eigenvalue weighted by atomic mass is 32.2. The van der Waals surface area contributed by atoms with E-state index in [1.807, 2.05) is 0 Å². The van der Waals surface area contributed by atoms with E-state index < -0.39 is 15.4 Å². The van der Waals surface area contributed by atoms with Gasteiger partial charge in [0.15, 0.2) is 0 Å². The van der Waals surface area contributed by atoms with E-state index in [0.717, 1.165) is 32.8 Å². The lowest BCUT2D eigenvalue weighted by molar-refractivity contribution is 0.0206. The monoisotopic (exact) mass is 253 g/mol. The minimum atomic E-state index is -3.97. The van der Waals surface area contributed by atoms with Crippen LogP contribution in [0.1, 0.15) is 6.92 Å². The molecule has 0 spiro atoms. The van der Waals surface area contributed by atoms with Crippen molar-refractivity contribution >= 4 is 10.1 Å². The molecule has 0 aromatic rings. The molecule has 7 heteroatoms. The van der Waals surface area contributed by atoms with Crippen LogP contribution in [0.15, 0.2) is 0 Å². The fraction of sp³-hybridized carbons (Fsp3) is 1.00. The zero-order valence-electron chi connectivity index (χ0n) is 9.46. The van der Waals surface area contributed by atoms with E-state index in [4.69, 9.17) is 14.0 Å².